The zero-order valence-corrected chi connectivity index (χ0v) is 13.4. The third-order valence-corrected chi connectivity index (χ3v) is 3.29. The topological polar surface area (TPSA) is 55.4 Å². The maximum atomic E-state index is 13.3. The van der Waals surface area contributed by atoms with E-state index < -0.39 is 29.4 Å². The fraction of sp³-hybridized carbons (Fsp3) is 0.111. The molecule has 0 bridgehead atoms. The molecule has 0 aromatic heterocycles. The minimum absolute atomic E-state index is 0.148. The second kappa shape index (κ2) is 7.81. The molecule has 1 amide bonds. The number of nitrogens with one attached hydrogen (secondary N) is 1. The van der Waals surface area contributed by atoms with Crippen molar-refractivity contribution in [1.29, 1.82) is 0 Å². The lowest BCUT2D eigenvalue weighted by molar-refractivity contribution is -0.140. The Morgan fingerprint density at radius 2 is 1.85 bits per heavy atom. The van der Waals surface area contributed by atoms with Crippen molar-refractivity contribution in [3.05, 3.63) is 71.0 Å². The van der Waals surface area contributed by atoms with Crippen LogP contribution in [0.4, 0.5) is 23.2 Å². The van der Waals surface area contributed by atoms with Crippen LogP contribution in [0, 0.1) is 5.82 Å². The van der Waals surface area contributed by atoms with E-state index in [4.69, 9.17) is 0 Å². The number of carbonyl (C=O) groups excluding carboxylic acids is 2. The quantitative estimate of drug-likeness (QED) is 0.499. The zero-order valence-electron chi connectivity index (χ0n) is 13.4. The smallest absolute Gasteiger partial charge is 0.419 e. The Bertz CT molecular complexity index is 860. The minimum atomic E-state index is -4.87. The summed E-state index contributed by atoms with van der Waals surface area (Å²) in [5, 5.41) is 2.28. The molecule has 2 rings (SSSR count). The van der Waals surface area contributed by atoms with E-state index in [9.17, 15) is 27.2 Å². The van der Waals surface area contributed by atoms with Crippen LogP contribution >= 0.6 is 0 Å². The van der Waals surface area contributed by atoms with Crippen molar-refractivity contribution in [3.63, 3.8) is 0 Å². The van der Waals surface area contributed by atoms with Gasteiger partial charge in [0.15, 0.2) is 0 Å². The van der Waals surface area contributed by atoms with E-state index in [0.29, 0.717) is 17.7 Å². The van der Waals surface area contributed by atoms with Crippen molar-refractivity contribution >= 4 is 23.6 Å². The molecule has 26 heavy (non-hydrogen) atoms. The molecular weight excluding hydrogens is 354 g/mol. The largest absolute Gasteiger partial charge is 0.466 e. The van der Waals surface area contributed by atoms with Crippen LogP contribution in [-0.2, 0) is 15.7 Å². The Kier molecular flexibility index (Phi) is 5.76. The van der Waals surface area contributed by atoms with Crippen LogP contribution in [0.3, 0.4) is 0 Å². The van der Waals surface area contributed by atoms with Crippen LogP contribution in [0.25, 0.3) is 6.08 Å². The SMILES string of the molecule is COC(=O)/C=C/c1cccc(C(=O)Nc2ccc(F)c(C(F)(F)F)c2)c1. The van der Waals surface area contributed by atoms with Gasteiger partial charge in [-0.3, -0.25) is 4.79 Å². The molecule has 0 saturated carbocycles. The first kappa shape index (κ1) is 19.2. The van der Waals surface area contributed by atoms with Crippen LogP contribution in [0.2, 0.25) is 0 Å². The van der Waals surface area contributed by atoms with Gasteiger partial charge in [0, 0.05) is 17.3 Å². The van der Waals surface area contributed by atoms with Gasteiger partial charge in [-0.2, -0.15) is 13.2 Å². The molecule has 136 valence electrons. The second-order valence-electron chi connectivity index (χ2n) is 5.13. The molecule has 1 N–H and O–H groups in total. The highest BCUT2D eigenvalue weighted by Gasteiger charge is 2.34. The van der Waals surface area contributed by atoms with Crippen molar-refractivity contribution in [1.82, 2.24) is 0 Å². The number of amides is 1. The number of methoxy groups -OCH3 is 1. The fourth-order valence-corrected chi connectivity index (χ4v) is 2.04. The molecule has 0 unspecified atom stereocenters. The number of alkyl halides is 3. The molecular formula is C18H13F4NO3. The van der Waals surface area contributed by atoms with Gasteiger partial charge in [0.25, 0.3) is 5.91 Å². The average Bonchev–Trinajstić information content (AvgIpc) is 2.60. The van der Waals surface area contributed by atoms with Crippen molar-refractivity contribution in [2.75, 3.05) is 12.4 Å². The molecule has 0 aliphatic heterocycles. The van der Waals surface area contributed by atoms with Gasteiger partial charge < -0.3 is 10.1 Å². The van der Waals surface area contributed by atoms with Gasteiger partial charge in [0.2, 0.25) is 0 Å². The lowest BCUT2D eigenvalue weighted by Gasteiger charge is -2.11. The highest BCUT2D eigenvalue weighted by Crippen LogP contribution is 2.33. The lowest BCUT2D eigenvalue weighted by Crippen LogP contribution is -2.14. The van der Waals surface area contributed by atoms with Crippen LogP contribution < -0.4 is 5.32 Å². The minimum Gasteiger partial charge on any atom is -0.466 e. The Hall–Kier alpha value is -3.16. The third-order valence-electron chi connectivity index (χ3n) is 3.29. The van der Waals surface area contributed by atoms with Crippen molar-refractivity contribution in [2.45, 2.75) is 6.18 Å². The Morgan fingerprint density at radius 3 is 2.50 bits per heavy atom. The summed E-state index contributed by atoms with van der Waals surface area (Å²) in [6.07, 6.45) is -2.29. The van der Waals surface area contributed by atoms with Gasteiger partial charge in [-0.25, -0.2) is 9.18 Å². The molecule has 8 heteroatoms. The van der Waals surface area contributed by atoms with Crippen LogP contribution in [0.15, 0.2) is 48.5 Å². The molecule has 0 fully saturated rings. The molecule has 0 heterocycles. The summed E-state index contributed by atoms with van der Waals surface area (Å²) >= 11 is 0. The summed E-state index contributed by atoms with van der Waals surface area (Å²) in [6.45, 7) is 0. The van der Waals surface area contributed by atoms with E-state index in [1.54, 1.807) is 6.07 Å². The van der Waals surface area contributed by atoms with Gasteiger partial charge in [0.1, 0.15) is 5.82 Å². The Labute approximate surface area is 146 Å². The highest BCUT2D eigenvalue weighted by molar-refractivity contribution is 6.04. The van der Waals surface area contributed by atoms with Gasteiger partial charge in [-0.15, -0.1) is 0 Å². The number of hydrogen-bond acceptors (Lipinski definition) is 3. The number of esters is 1. The van der Waals surface area contributed by atoms with E-state index in [1.165, 1.54) is 31.4 Å². The predicted molar refractivity (Wildman–Crippen MR) is 86.8 cm³/mol. The van der Waals surface area contributed by atoms with Crippen molar-refractivity contribution in [2.24, 2.45) is 0 Å². The van der Waals surface area contributed by atoms with Gasteiger partial charge in [0.05, 0.1) is 12.7 Å². The number of anilines is 1. The van der Waals surface area contributed by atoms with Crippen molar-refractivity contribution < 1.29 is 31.9 Å². The third kappa shape index (κ3) is 4.92. The lowest BCUT2D eigenvalue weighted by atomic mass is 10.1. The fourth-order valence-electron chi connectivity index (χ4n) is 2.04. The van der Waals surface area contributed by atoms with Gasteiger partial charge in [-0.1, -0.05) is 12.1 Å². The van der Waals surface area contributed by atoms with Crippen LogP contribution in [0.1, 0.15) is 21.5 Å². The summed E-state index contributed by atoms with van der Waals surface area (Å²) in [4.78, 5) is 23.3. The second-order valence-corrected chi connectivity index (χ2v) is 5.13. The molecule has 4 nitrogen and oxygen atoms in total. The summed E-state index contributed by atoms with van der Waals surface area (Å²) in [5.74, 6) is -2.69. The monoisotopic (exact) mass is 367 g/mol. The van der Waals surface area contributed by atoms with Crippen LogP contribution in [-0.4, -0.2) is 19.0 Å². The molecule has 0 radical (unpaired) electrons. The van der Waals surface area contributed by atoms with Gasteiger partial charge in [-0.05, 0) is 42.0 Å². The average molecular weight is 367 g/mol. The van der Waals surface area contributed by atoms with E-state index in [-0.39, 0.29) is 11.3 Å². The number of hydrogen-bond donors (Lipinski definition) is 1. The maximum Gasteiger partial charge on any atom is 0.419 e. The Balaban J connectivity index is 2.21. The molecule has 0 aliphatic rings. The van der Waals surface area contributed by atoms with Gasteiger partial charge >= 0.3 is 12.1 Å². The standard InChI is InChI=1S/C18H13F4NO3/c1-26-16(24)8-5-11-3-2-4-12(9-11)17(25)23-13-6-7-15(19)14(10-13)18(20,21)22/h2-10H,1H3,(H,23,25)/b8-5+. The molecule has 2 aromatic rings. The predicted octanol–water partition coefficient (Wildman–Crippen LogP) is 4.28. The zero-order chi connectivity index (χ0) is 19.3. The van der Waals surface area contributed by atoms with E-state index in [2.05, 4.69) is 10.1 Å². The number of halogens is 4. The first-order valence-electron chi connectivity index (χ1n) is 7.25. The van der Waals surface area contributed by atoms with E-state index in [0.717, 1.165) is 12.1 Å². The number of carbonyl (C=O) groups is 2. The Morgan fingerprint density at radius 1 is 1.12 bits per heavy atom. The summed E-state index contributed by atoms with van der Waals surface area (Å²) in [5.41, 5.74) is -1.00. The van der Waals surface area contributed by atoms with Crippen LogP contribution in [0.5, 0.6) is 0 Å². The molecule has 0 saturated heterocycles. The first-order chi connectivity index (χ1) is 12.2. The molecule has 0 aliphatic carbocycles. The summed E-state index contributed by atoms with van der Waals surface area (Å²) in [7, 11) is 1.22. The number of rotatable bonds is 4. The maximum absolute atomic E-state index is 13.3. The number of ether oxygens (including phenoxy) is 1. The molecule has 2 aromatic carbocycles. The first-order valence-corrected chi connectivity index (χ1v) is 7.25. The number of benzene rings is 2. The highest BCUT2D eigenvalue weighted by atomic mass is 19.4. The normalized spacial score (nSPS) is 11.4. The van der Waals surface area contributed by atoms with E-state index >= 15 is 0 Å². The molecule has 0 spiro atoms. The van der Waals surface area contributed by atoms with Crippen molar-refractivity contribution in [3.8, 4) is 0 Å². The summed E-state index contributed by atoms with van der Waals surface area (Å²) in [6, 6.07) is 8.22. The summed E-state index contributed by atoms with van der Waals surface area (Å²) < 4.78 is 55.9. The van der Waals surface area contributed by atoms with E-state index in [1.807, 2.05) is 0 Å². The molecule has 0 atom stereocenters.